The Balaban J connectivity index is 1.76. The van der Waals surface area contributed by atoms with Gasteiger partial charge in [-0.05, 0) is 14.0 Å². The van der Waals surface area contributed by atoms with E-state index in [2.05, 4.69) is 40.6 Å². The molecule has 0 aromatic carbocycles. The summed E-state index contributed by atoms with van der Waals surface area (Å²) in [5, 5.41) is 10.2. The van der Waals surface area contributed by atoms with Crippen LogP contribution in [0.3, 0.4) is 0 Å². The van der Waals surface area contributed by atoms with Gasteiger partial charge in [-0.3, -0.25) is 9.69 Å². The van der Waals surface area contributed by atoms with Gasteiger partial charge in [0.05, 0.1) is 24.3 Å². The summed E-state index contributed by atoms with van der Waals surface area (Å²) >= 11 is 0. The number of likely N-dealkylation sites (N-methyl/N-ethyl adjacent to an activating group) is 1. The Morgan fingerprint density at radius 1 is 1.16 bits per heavy atom. The van der Waals surface area contributed by atoms with Crippen LogP contribution in [0.4, 0.5) is 26.1 Å². The second-order valence-corrected chi connectivity index (χ2v) is 7.84. The molecular weight excluding hydrogens is 420 g/mol. The Labute approximate surface area is 183 Å². The third-order valence-corrected chi connectivity index (χ3v) is 4.81. The van der Waals surface area contributed by atoms with Gasteiger partial charge in [-0.25, -0.2) is 24.6 Å². The number of aromatic nitrogens is 6. The molecule has 1 aliphatic heterocycles. The molecule has 3 aromatic rings. The molecule has 0 atom stereocenters. The minimum atomic E-state index is -3.19. The Morgan fingerprint density at radius 3 is 2.66 bits per heavy atom. The van der Waals surface area contributed by atoms with Crippen LogP contribution in [0.15, 0.2) is 18.3 Å². The average molecular weight is 443 g/mol. The lowest BCUT2D eigenvalue weighted by atomic mass is 10.2. The zero-order valence-electron chi connectivity index (χ0n) is 18.1. The first-order valence-corrected chi connectivity index (χ1v) is 10.00. The van der Waals surface area contributed by atoms with Crippen LogP contribution < -0.4 is 10.6 Å². The largest absolute Gasteiger partial charge is 0.339 e. The monoisotopic (exact) mass is 443 g/mol. The molecule has 4 heterocycles. The molecule has 1 aliphatic rings. The van der Waals surface area contributed by atoms with Crippen LogP contribution in [-0.2, 0) is 23.8 Å². The van der Waals surface area contributed by atoms with E-state index in [0.29, 0.717) is 41.7 Å². The van der Waals surface area contributed by atoms with Gasteiger partial charge in [-0.2, -0.15) is 13.9 Å². The maximum absolute atomic E-state index is 13.8. The summed E-state index contributed by atoms with van der Waals surface area (Å²) in [7, 11) is 2.01. The van der Waals surface area contributed by atoms with E-state index >= 15 is 0 Å². The number of amides is 1. The van der Waals surface area contributed by atoms with Gasteiger partial charge >= 0.3 is 5.92 Å². The topological polar surface area (TPSA) is 114 Å². The molecule has 1 amide bonds. The quantitative estimate of drug-likeness (QED) is 0.619. The molecule has 3 aromatic heterocycles. The van der Waals surface area contributed by atoms with Crippen molar-refractivity contribution in [2.24, 2.45) is 0 Å². The van der Waals surface area contributed by atoms with Crippen molar-refractivity contribution in [1.82, 2.24) is 34.6 Å². The van der Waals surface area contributed by atoms with E-state index in [-0.39, 0.29) is 11.7 Å². The van der Waals surface area contributed by atoms with Crippen molar-refractivity contribution >= 4 is 23.2 Å². The second kappa shape index (κ2) is 8.19. The third-order valence-electron chi connectivity index (χ3n) is 4.81. The van der Waals surface area contributed by atoms with Gasteiger partial charge in [-0.1, -0.05) is 0 Å². The number of halogens is 2. The van der Waals surface area contributed by atoms with Crippen molar-refractivity contribution in [3.05, 3.63) is 35.7 Å². The molecule has 0 radical (unpaired) electrons. The molecule has 0 aliphatic carbocycles. The van der Waals surface area contributed by atoms with Gasteiger partial charge in [0.25, 0.3) is 0 Å². The molecule has 10 nitrogen and oxygen atoms in total. The van der Waals surface area contributed by atoms with Crippen molar-refractivity contribution in [3.8, 4) is 11.4 Å². The predicted molar refractivity (Wildman–Crippen MR) is 114 cm³/mol. The summed E-state index contributed by atoms with van der Waals surface area (Å²) in [6.45, 7) is 5.95. The second-order valence-electron chi connectivity index (χ2n) is 7.84. The van der Waals surface area contributed by atoms with Crippen LogP contribution in [0.25, 0.3) is 11.4 Å². The number of hydrogen-bond donors (Lipinski definition) is 2. The summed E-state index contributed by atoms with van der Waals surface area (Å²) in [6.07, 6.45) is 1.53. The lowest BCUT2D eigenvalue weighted by molar-refractivity contribution is -0.114. The van der Waals surface area contributed by atoms with Crippen molar-refractivity contribution in [3.63, 3.8) is 0 Å². The molecule has 0 spiro atoms. The zero-order valence-corrected chi connectivity index (χ0v) is 18.1. The van der Waals surface area contributed by atoms with E-state index in [1.165, 1.54) is 13.1 Å². The highest BCUT2D eigenvalue weighted by Gasteiger charge is 2.29. The molecule has 0 saturated carbocycles. The lowest BCUT2D eigenvalue weighted by Gasteiger charge is -2.21. The van der Waals surface area contributed by atoms with Gasteiger partial charge in [0.1, 0.15) is 17.5 Å². The van der Waals surface area contributed by atoms with E-state index in [4.69, 9.17) is 0 Å². The summed E-state index contributed by atoms with van der Waals surface area (Å²) in [6, 6.07) is 3.14. The van der Waals surface area contributed by atoms with E-state index in [0.717, 1.165) is 19.3 Å². The van der Waals surface area contributed by atoms with Crippen LogP contribution in [0.2, 0.25) is 0 Å². The number of alkyl halides is 2. The average Bonchev–Trinajstić information content (AvgIpc) is 3.09. The van der Waals surface area contributed by atoms with Crippen molar-refractivity contribution in [2.75, 3.05) is 24.2 Å². The fraction of sp³-hybridized carbons (Fsp3) is 0.400. The third kappa shape index (κ3) is 4.69. The van der Waals surface area contributed by atoms with E-state index in [1.807, 2.05) is 11.7 Å². The number of nitrogens with one attached hydrogen (secondary N) is 2. The smallest absolute Gasteiger partial charge is 0.303 e. The van der Waals surface area contributed by atoms with Crippen LogP contribution in [-0.4, -0.2) is 54.1 Å². The van der Waals surface area contributed by atoms with Crippen LogP contribution in [0, 0.1) is 6.92 Å². The number of aryl methyl sites for hydroxylation is 1. The van der Waals surface area contributed by atoms with E-state index < -0.39 is 11.7 Å². The number of nitrogens with zero attached hydrogens (tertiary/aromatic N) is 7. The SMILES string of the molecule is CC(=O)Nc1cc(Nc2cc(C)nc(C(C)(F)F)n2)c(-c2nc3n(n2)CCN(C)C3)cn1. The van der Waals surface area contributed by atoms with Crippen molar-refractivity contribution < 1.29 is 13.6 Å². The van der Waals surface area contributed by atoms with Crippen molar-refractivity contribution in [2.45, 2.75) is 39.8 Å². The normalized spacial score (nSPS) is 14.2. The Hall–Kier alpha value is -3.54. The Kier molecular flexibility index (Phi) is 5.55. The molecule has 0 unspecified atom stereocenters. The fourth-order valence-electron chi connectivity index (χ4n) is 3.32. The molecule has 12 heteroatoms. The first kappa shape index (κ1) is 21.7. The van der Waals surface area contributed by atoms with Crippen LogP contribution in [0.5, 0.6) is 0 Å². The molecule has 168 valence electrons. The maximum Gasteiger partial charge on any atom is 0.303 e. The molecule has 0 bridgehead atoms. The first-order chi connectivity index (χ1) is 15.1. The summed E-state index contributed by atoms with van der Waals surface area (Å²) in [4.78, 5) is 30.3. The Bertz CT molecular complexity index is 1170. The number of anilines is 3. The Morgan fingerprint density at radius 2 is 1.94 bits per heavy atom. The number of carbonyl (C=O) groups is 1. The minimum Gasteiger partial charge on any atom is -0.339 e. The number of hydrogen-bond acceptors (Lipinski definition) is 8. The summed E-state index contributed by atoms with van der Waals surface area (Å²) in [5.41, 5.74) is 1.39. The lowest BCUT2D eigenvalue weighted by Crippen LogP contribution is -2.30. The highest BCUT2D eigenvalue weighted by Crippen LogP contribution is 2.31. The van der Waals surface area contributed by atoms with Crippen LogP contribution >= 0.6 is 0 Å². The summed E-state index contributed by atoms with van der Waals surface area (Å²) < 4.78 is 29.5. The number of fused-ring (bicyclic) bond motifs is 1. The highest BCUT2D eigenvalue weighted by atomic mass is 19.3. The minimum absolute atomic E-state index is 0.180. The van der Waals surface area contributed by atoms with Gasteiger partial charge in [-0.15, -0.1) is 0 Å². The maximum atomic E-state index is 13.8. The number of pyridine rings is 1. The molecule has 32 heavy (non-hydrogen) atoms. The number of carbonyl (C=O) groups excluding carboxylic acids is 1. The van der Waals surface area contributed by atoms with Gasteiger partial charge in [0, 0.05) is 44.4 Å². The summed E-state index contributed by atoms with van der Waals surface area (Å²) in [5.74, 6) is -2.35. The molecule has 0 fully saturated rings. The first-order valence-electron chi connectivity index (χ1n) is 10.00. The van der Waals surface area contributed by atoms with Gasteiger partial charge in [0.2, 0.25) is 11.7 Å². The number of rotatable bonds is 5. The van der Waals surface area contributed by atoms with E-state index in [9.17, 15) is 13.6 Å². The fourth-order valence-corrected chi connectivity index (χ4v) is 3.32. The zero-order chi connectivity index (χ0) is 23.0. The van der Waals surface area contributed by atoms with Gasteiger partial charge in [0.15, 0.2) is 5.82 Å². The molecular formula is C20H23F2N9O. The predicted octanol–water partition coefficient (Wildman–Crippen LogP) is 2.70. The van der Waals surface area contributed by atoms with E-state index in [1.54, 1.807) is 19.1 Å². The molecule has 4 rings (SSSR count). The van der Waals surface area contributed by atoms with Crippen LogP contribution in [0.1, 0.15) is 31.2 Å². The highest BCUT2D eigenvalue weighted by molar-refractivity contribution is 5.89. The van der Waals surface area contributed by atoms with Gasteiger partial charge < -0.3 is 10.6 Å². The standard InChI is InChI=1S/C20H23F2N9O/c1-11-7-16(27-19(24-11)20(3,21)22)26-14-8-15(25-12(2)32)23-9-13(14)18-28-17-10-30(4)5-6-31(17)29-18/h7-9H,5-6,10H2,1-4H3,(H2,23,24,25,26,27,32). The molecule has 2 N–H and O–H groups in total. The van der Waals surface area contributed by atoms with Crippen molar-refractivity contribution in [1.29, 1.82) is 0 Å². The molecule has 0 saturated heterocycles.